The van der Waals surface area contributed by atoms with Gasteiger partial charge in [0, 0.05) is 28.8 Å². The Morgan fingerprint density at radius 2 is 2.00 bits per heavy atom. The number of benzene rings is 1. The van der Waals surface area contributed by atoms with Crippen LogP contribution in [0, 0.1) is 11.6 Å². The van der Waals surface area contributed by atoms with Crippen LogP contribution in [-0.2, 0) is 0 Å². The molecular formula is C21H21F2N3O2. The zero-order valence-electron chi connectivity index (χ0n) is 15.4. The Hall–Kier alpha value is -2.80. The van der Waals surface area contributed by atoms with E-state index in [1.54, 1.807) is 19.2 Å². The molecule has 1 aromatic carbocycles. The molecule has 7 heteroatoms. The minimum atomic E-state index is -0.680. The van der Waals surface area contributed by atoms with E-state index in [4.69, 9.17) is 0 Å². The summed E-state index contributed by atoms with van der Waals surface area (Å²) in [5, 5.41) is 13.4. The molecule has 28 heavy (non-hydrogen) atoms. The number of carbonyl (C=O) groups is 1. The van der Waals surface area contributed by atoms with E-state index >= 15 is 0 Å². The predicted octanol–water partition coefficient (Wildman–Crippen LogP) is 3.93. The highest BCUT2D eigenvalue weighted by molar-refractivity contribution is 5.96. The van der Waals surface area contributed by atoms with Crippen molar-refractivity contribution in [2.75, 3.05) is 0 Å². The van der Waals surface area contributed by atoms with E-state index in [1.165, 1.54) is 18.2 Å². The lowest BCUT2D eigenvalue weighted by Gasteiger charge is -2.33. The second-order valence-electron chi connectivity index (χ2n) is 7.66. The number of halogens is 2. The van der Waals surface area contributed by atoms with Gasteiger partial charge in [0.15, 0.2) is 5.82 Å². The fourth-order valence-corrected chi connectivity index (χ4v) is 3.74. The van der Waals surface area contributed by atoms with Crippen molar-refractivity contribution in [1.29, 1.82) is 0 Å². The summed E-state index contributed by atoms with van der Waals surface area (Å²) in [6.45, 7) is 1.80. The predicted molar refractivity (Wildman–Crippen MR) is 102 cm³/mol. The maximum atomic E-state index is 14.8. The fraction of sp³-hybridized carbons (Fsp3) is 0.333. The van der Waals surface area contributed by atoms with Crippen molar-refractivity contribution in [3.05, 3.63) is 53.9 Å². The Kier molecular flexibility index (Phi) is 4.63. The Labute approximate surface area is 160 Å². The summed E-state index contributed by atoms with van der Waals surface area (Å²) in [4.78, 5) is 19.3. The van der Waals surface area contributed by atoms with Crippen molar-refractivity contribution in [2.45, 2.75) is 44.2 Å². The highest BCUT2D eigenvalue weighted by Gasteiger charge is 2.29. The highest BCUT2D eigenvalue weighted by atomic mass is 19.1. The molecule has 0 spiro atoms. The lowest BCUT2D eigenvalue weighted by molar-refractivity contribution is 0.0140. The van der Waals surface area contributed by atoms with E-state index in [-0.39, 0.29) is 28.6 Å². The molecule has 1 aliphatic carbocycles. The van der Waals surface area contributed by atoms with Crippen LogP contribution < -0.4 is 5.32 Å². The zero-order valence-corrected chi connectivity index (χ0v) is 15.4. The van der Waals surface area contributed by atoms with Crippen molar-refractivity contribution >= 4 is 16.8 Å². The molecule has 0 unspecified atom stereocenters. The van der Waals surface area contributed by atoms with E-state index in [1.807, 2.05) is 0 Å². The molecule has 146 valence electrons. The summed E-state index contributed by atoms with van der Waals surface area (Å²) in [6.07, 6.45) is 5.23. The maximum absolute atomic E-state index is 14.8. The highest BCUT2D eigenvalue weighted by Crippen LogP contribution is 2.30. The Morgan fingerprint density at radius 1 is 1.25 bits per heavy atom. The summed E-state index contributed by atoms with van der Waals surface area (Å²) in [5.41, 5.74) is 0.317. The van der Waals surface area contributed by atoms with Gasteiger partial charge in [-0.25, -0.2) is 8.78 Å². The van der Waals surface area contributed by atoms with E-state index in [0.29, 0.717) is 36.8 Å². The maximum Gasteiger partial charge on any atom is 0.251 e. The topological polar surface area (TPSA) is 78.0 Å². The number of aliphatic hydroxyl groups is 1. The molecule has 1 amide bonds. The molecule has 5 nitrogen and oxygen atoms in total. The molecular weight excluding hydrogens is 364 g/mol. The average Bonchev–Trinajstić information content (AvgIpc) is 3.15. The molecule has 0 aliphatic heterocycles. The number of H-pyrrole nitrogens is 1. The summed E-state index contributed by atoms with van der Waals surface area (Å²) >= 11 is 0. The molecule has 0 bridgehead atoms. The van der Waals surface area contributed by atoms with Gasteiger partial charge in [-0.1, -0.05) is 0 Å². The lowest BCUT2D eigenvalue weighted by Crippen LogP contribution is -2.42. The van der Waals surface area contributed by atoms with E-state index in [9.17, 15) is 18.7 Å². The van der Waals surface area contributed by atoms with Gasteiger partial charge in [-0.15, -0.1) is 0 Å². The zero-order chi connectivity index (χ0) is 19.9. The third-order valence-electron chi connectivity index (χ3n) is 5.43. The molecule has 0 radical (unpaired) electrons. The number of fused-ring (bicyclic) bond motifs is 1. The number of hydrogen-bond acceptors (Lipinski definition) is 3. The number of nitrogens with zero attached hydrogens (tertiary/aromatic N) is 1. The summed E-state index contributed by atoms with van der Waals surface area (Å²) in [7, 11) is 0. The Balaban J connectivity index is 1.55. The first kappa shape index (κ1) is 18.6. The monoisotopic (exact) mass is 385 g/mol. The van der Waals surface area contributed by atoms with E-state index in [0.717, 1.165) is 6.20 Å². The fourth-order valence-electron chi connectivity index (χ4n) is 3.74. The van der Waals surface area contributed by atoms with Gasteiger partial charge < -0.3 is 15.4 Å². The second-order valence-corrected chi connectivity index (χ2v) is 7.66. The van der Waals surface area contributed by atoms with Crippen molar-refractivity contribution in [3.8, 4) is 11.3 Å². The van der Waals surface area contributed by atoms with Crippen LogP contribution in [0.15, 0.2) is 36.7 Å². The van der Waals surface area contributed by atoms with Crippen LogP contribution in [0.3, 0.4) is 0 Å². The number of aromatic amines is 1. The van der Waals surface area contributed by atoms with Crippen LogP contribution in [-0.4, -0.2) is 32.6 Å². The first-order chi connectivity index (χ1) is 13.3. The van der Waals surface area contributed by atoms with Gasteiger partial charge in [-0.05, 0) is 56.9 Å². The molecule has 2 heterocycles. The number of pyridine rings is 1. The number of nitrogens with one attached hydrogen (secondary N) is 2. The van der Waals surface area contributed by atoms with Crippen molar-refractivity contribution < 1.29 is 18.7 Å². The lowest BCUT2D eigenvalue weighted by atomic mass is 9.83. The van der Waals surface area contributed by atoms with Crippen molar-refractivity contribution in [1.82, 2.24) is 15.3 Å². The van der Waals surface area contributed by atoms with Gasteiger partial charge in [-0.3, -0.25) is 9.78 Å². The molecule has 1 saturated carbocycles. The van der Waals surface area contributed by atoms with Gasteiger partial charge in [0.2, 0.25) is 0 Å². The van der Waals surface area contributed by atoms with Gasteiger partial charge in [0.05, 0.1) is 23.0 Å². The Morgan fingerprint density at radius 3 is 2.71 bits per heavy atom. The van der Waals surface area contributed by atoms with Crippen molar-refractivity contribution in [3.63, 3.8) is 0 Å². The van der Waals surface area contributed by atoms with Crippen LogP contribution in [0.2, 0.25) is 0 Å². The molecule has 3 N–H and O–H groups in total. The number of carbonyl (C=O) groups excluding carboxylic acids is 1. The van der Waals surface area contributed by atoms with Crippen molar-refractivity contribution in [2.24, 2.45) is 0 Å². The minimum absolute atomic E-state index is 0.0336. The first-order valence-electron chi connectivity index (χ1n) is 9.29. The van der Waals surface area contributed by atoms with Crippen LogP contribution in [0.1, 0.15) is 43.0 Å². The van der Waals surface area contributed by atoms with E-state index in [2.05, 4.69) is 15.3 Å². The summed E-state index contributed by atoms with van der Waals surface area (Å²) in [5.74, 6) is -1.46. The minimum Gasteiger partial charge on any atom is -0.390 e. The smallest absolute Gasteiger partial charge is 0.251 e. The average molecular weight is 385 g/mol. The summed E-state index contributed by atoms with van der Waals surface area (Å²) < 4.78 is 28.6. The number of rotatable bonds is 3. The van der Waals surface area contributed by atoms with Gasteiger partial charge in [0.1, 0.15) is 5.82 Å². The SMILES string of the molecule is CC1(O)CCC(NC(=O)c2ccc(-c3ncc(F)c4[nH]ccc34)c(F)c2)CC1. The first-order valence-corrected chi connectivity index (χ1v) is 9.29. The molecule has 0 atom stereocenters. The third-order valence-corrected chi connectivity index (χ3v) is 5.43. The number of aromatic nitrogens is 2. The molecule has 3 aromatic rings. The number of hydrogen-bond donors (Lipinski definition) is 3. The van der Waals surface area contributed by atoms with Gasteiger partial charge >= 0.3 is 0 Å². The molecule has 4 rings (SSSR count). The standard InChI is InChI=1S/C21H21F2N3O2/c1-21(28)7-4-13(5-8-21)26-20(27)12-2-3-14(16(22)10-12)18-15-6-9-24-19(15)17(23)11-25-18/h2-3,6,9-11,13,24,28H,4-5,7-8H2,1H3,(H,26,27). The quantitative estimate of drug-likeness (QED) is 0.639. The molecule has 2 aromatic heterocycles. The van der Waals surface area contributed by atoms with E-state index < -0.39 is 17.2 Å². The molecule has 0 saturated heterocycles. The molecule has 1 aliphatic rings. The third kappa shape index (κ3) is 3.49. The van der Waals surface area contributed by atoms with Gasteiger partial charge in [-0.2, -0.15) is 0 Å². The van der Waals surface area contributed by atoms with Crippen LogP contribution in [0.25, 0.3) is 22.2 Å². The number of amides is 1. The molecule has 1 fully saturated rings. The van der Waals surface area contributed by atoms with Crippen LogP contribution >= 0.6 is 0 Å². The second kappa shape index (κ2) is 6.98. The normalized spacial score (nSPS) is 22.4. The van der Waals surface area contributed by atoms with Crippen LogP contribution in [0.5, 0.6) is 0 Å². The summed E-state index contributed by atoms with van der Waals surface area (Å²) in [6, 6.07) is 5.80. The largest absolute Gasteiger partial charge is 0.390 e. The Bertz CT molecular complexity index is 1040. The van der Waals surface area contributed by atoms with Gasteiger partial charge in [0.25, 0.3) is 5.91 Å². The van der Waals surface area contributed by atoms with Crippen LogP contribution in [0.4, 0.5) is 8.78 Å².